The number of aryl methyl sites for hydroxylation is 2. The molecule has 1 aromatic carbocycles. The summed E-state index contributed by atoms with van der Waals surface area (Å²) in [5.41, 5.74) is 3.45. The predicted molar refractivity (Wildman–Crippen MR) is 79.5 cm³/mol. The van der Waals surface area contributed by atoms with Gasteiger partial charge in [-0.25, -0.2) is 0 Å². The molecule has 0 radical (unpaired) electrons. The quantitative estimate of drug-likeness (QED) is 0.775. The second-order valence-electron chi connectivity index (χ2n) is 5.96. The van der Waals surface area contributed by atoms with Gasteiger partial charge in [-0.05, 0) is 46.8 Å². The summed E-state index contributed by atoms with van der Waals surface area (Å²) in [6.45, 7) is 10.6. The van der Waals surface area contributed by atoms with Crippen LogP contribution < -0.4 is 0 Å². The van der Waals surface area contributed by atoms with E-state index in [4.69, 9.17) is 11.6 Å². The van der Waals surface area contributed by atoms with Crippen molar-refractivity contribution in [3.8, 4) is 11.4 Å². The lowest BCUT2D eigenvalue weighted by Crippen LogP contribution is -2.24. The minimum absolute atomic E-state index is 0.0965. The first-order valence-corrected chi connectivity index (χ1v) is 6.96. The third-order valence-electron chi connectivity index (χ3n) is 3.00. The molecule has 0 aliphatic rings. The normalized spacial score (nSPS) is 11.9. The highest BCUT2D eigenvalue weighted by Gasteiger charge is 2.23. The zero-order chi connectivity index (χ0) is 14.2. The van der Waals surface area contributed by atoms with E-state index in [0.717, 1.165) is 17.2 Å². The van der Waals surface area contributed by atoms with Crippen LogP contribution in [-0.4, -0.2) is 14.8 Å². The smallest absolute Gasteiger partial charge is 0.164 e. The van der Waals surface area contributed by atoms with Crippen molar-refractivity contribution in [2.75, 3.05) is 0 Å². The number of nitrogens with zero attached hydrogens (tertiary/aromatic N) is 3. The Balaban J connectivity index is 2.66. The number of aromatic nitrogens is 3. The topological polar surface area (TPSA) is 30.7 Å². The Morgan fingerprint density at radius 1 is 1.05 bits per heavy atom. The van der Waals surface area contributed by atoms with E-state index in [1.807, 2.05) is 0 Å². The Kier molecular flexibility index (Phi) is 3.68. The lowest BCUT2D eigenvalue weighted by atomic mass is 10.0. The van der Waals surface area contributed by atoms with E-state index in [9.17, 15) is 0 Å². The average Bonchev–Trinajstić information content (AvgIpc) is 2.70. The van der Waals surface area contributed by atoms with Crippen LogP contribution in [0.4, 0.5) is 0 Å². The summed E-state index contributed by atoms with van der Waals surface area (Å²) in [5, 5.41) is 8.55. The summed E-state index contributed by atoms with van der Waals surface area (Å²) in [4.78, 5) is 0. The van der Waals surface area contributed by atoms with Gasteiger partial charge in [0.25, 0.3) is 0 Å². The molecule has 0 atom stereocenters. The van der Waals surface area contributed by atoms with Crippen molar-refractivity contribution < 1.29 is 0 Å². The third kappa shape index (κ3) is 2.81. The lowest BCUT2D eigenvalue weighted by Gasteiger charge is -2.24. The maximum atomic E-state index is 5.98. The van der Waals surface area contributed by atoms with Gasteiger partial charge in [0.2, 0.25) is 0 Å². The molecular formula is C15H20ClN3. The number of alkyl halides is 1. The third-order valence-corrected chi connectivity index (χ3v) is 3.24. The van der Waals surface area contributed by atoms with E-state index in [-0.39, 0.29) is 5.54 Å². The largest absolute Gasteiger partial charge is 0.305 e. The maximum Gasteiger partial charge on any atom is 0.164 e. The highest BCUT2D eigenvalue weighted by Crippen LogP contribution is 2.28. The highest BCUT2D eigenvalue weighted by molar-refractivity contribution is 6.16. The first-order chi connectivity index (χ1) is 8.82. The number of benzene rings is 1. The second kappa shape index (κ2) is 4.97. The Morgan fingerprint density at radius 3 is 2.11 bits per heavy atom. The molecule has 19 heavy (non-hydrogen) atoms. The molecule has 0 aliphatic carbocycles. The summed E-state index contributed by atoms with van der Waals surface area (Å²) in [5.74, 6) is 2.06. The molecule has 0 aliphatic heterocycles. The van der Waals surface area contributed by atoms with Gasteiger partial charge in [0.1, 0.15) is 5.82 Å². The molecule has 2 rings (SSSR count). The molecular weight excluding hydrogens is 258 g/mol. The van der Waals surface area contributed by atoms with Crippen LogP contribution >= 0.6 is 11.6 Å². The summed E-state index contributed by atoms with van der Waals surface area (Å²) >= 11 is 5.98. The SMILES string of the molecule is Cc1cc(C)cc(-c2nnc(CCl)n2C(C)(C)C)c1. The average molecular weight is 278 g/mol. The lowest BCUT2D eigenvalue weighted by molar-refractivity contribution is 0.390. The van der Waals surface area contributed by atoms with Crippen LogP contribution in [0.15, 0.2) is 18.2 Å². The summed E-state index contributed by atoms with van der Waals surface area (Å²) < 4.78 is 2.12. The van der Waals surface area contributed by atoms with Gasteiger partial charge in [0.05, 0.1) is 5.88 Å². The molecule has 1 heterocycles. The van der Waals surface area contributed by atoms with E-state index >= 15 is 0 Å². The summed E-state index contributed by atoms with van der Waals surface area (Å²) in [6, 6.07) is 6.43. The Labute approximate surface area is 119 Å². The van der Waals surface area contributed by atoms with Crippen LogP contribution in [0.3, 0.4) is 0 Å². The molecule has 0 saturated carbocycles. The fraction of sp³-hybridized carbons (Fsp3) is 0.467. The minimum Gasteiger partial charge on any atom is -0.305 e. The van der Waals surface area contributed by atoms with Crippen LogP contribution in [0.1, 0.15) is 37.7 Å². The van der Waals surface area contributed by atoms with Crippen molar-refractivity contribution in [1.82, 2.24) is 14.8 Å². The summed E-state index contributed by atoms with van der Waals surface area (Å²) in [6.07, 6.45) is 0. The number of rotatable bonds is 2. The summed E-state index contributed by atoms with van der Waals surface area (Å²) in [7, 11) is 0. The first-order valence-electron chi connectivity index (χ1n) is 6.42. The van der Waals surface area contributed by atoms with Crippen LogP contribution in [0.25, 0.3) is 11.4 Å². The van der Waals surface area contributed by atoms with Gasteiger partial charge in [-0.1, -0.05) is 17.2 Å². The van der Waals surface area contributed by atoms with Gasteiger partial charge >= 0.3 is 0 Å². The Hall–Kier alpha value is -1.35. The van der Waals surface area contributed by atoms with Gasteiger partial charge < -0.3 is 4.57 Å². The van der Waals surface area contributed by atoms with E-state index < -0.39 is 0 Å². The van der Waals surface area contributed by atoms with Crippen molar-refractivity contribution in [2.24, 2.45) is 0 Å². The molecule has 0 spiro atoms. The molecule has 0 saturated heterocycles. The first kappa shape index (κ1) is 14.1. The fourth-order valence-corrected chi connectivity index (χ4v) is 2.57. The molecule has 0 unspecified atom stereocenters. The standard InChI is InChI=1S/C15H20ClN3/c1-10-6-11(2)8-12(7-10)14-18-17-13(9-16)19(14)15(3,4)5/h6-8H,9H2,1-5H3. The predicted octanol–water partition coefficient (Wildman–Crippen LogP) is 4.06. The Morgan fingerprint density at radius 2 is 1.63 bits per heavy atom. The zero-order valence-corrected chi connectivity index (χ0v) is 12.9. The van der Waals surface area contributed by atoms with Crippen LogP contribution in [0, 0.1) is 13.8 Å². The molecule has 2 aromatic rings. The van der Waals surface area contributed by atoms with Crippen molar-refractivity contribution in [3.05, 3.63) is 35.2 Å². The van der Waals surface area contributed by atoms with Crippen LogP contribution in [0.5, 0.6) is 0 Å². The van der Waals surface area contributed by atoms with Crippen molar-refractivity contribution in [1.29, 1.82) is 0 Å². The van der Waals surface area contributed by atoms with Crippen molar-refractivity contribution in [2.45, 2.75) is 46.0 Å². The van der Waals surface area contributed by atoms with Crippen molar-refractivity contribution in [3.63, 3.8) is 0 Å². The van der Waals surface area contributed by atoms with Gasteiger partial charge in [0.15, 0.2) is 5.82 Å². The molecule has 3 nitrogen and oxygen atoms in total. The van der Waals surface area contributed by atoms with Gasteiger partial charge in [0, 0.05) is 11.1 Å². The molecule has 0 fully saturated rings. The Bertz CT molecular complexity index is 574. The molecule has 0 bridgehead atoms. The maximum absolute atomic E-state index is 5.98. The number of halogens is 1. The minimum atomic E-state index is -0.0965. The molecule has 102 valence electrons. The molecule has 0 N–H and O–H groups in total. The second-order valence-corrected chi connectivity index (χ2v) is 6.22. The fourth-order valence-electron chi connectivity index (χ4n) is 2.40. The monoisotopic (exact) mass is 277 g/mol. The van der Waals surface area contributed by atoms with Crippen LogP contribution in [0.2, 0.25) is 0 Å². The van der Waals surface area contributed by atoms with E-state index in [0.29, 0.717) is 5.88 Å². The van der Waals surface area contributed by atoms with E-state index in [2.05, 4.69) is 67.6 Å². The van der Waals surface area contributed by atoms with Gasteiger partial charge in [-0.15, -0.1) is 21.8 Å². The number of hydrogen-bond donors (Lipinski definition) is 0. The number of hydrogen-bond acceptors (Lipinski definition) is 2. The van der Waals surface area contributed by atoms with Crippen molar-refractivity contribution >= 4 is 11.6 Å². The zero-order valence-electron chi connectivity index (χ0n) is 12.2. The van der Waals surface area contributed by atoms with Gasteiger partial charge in [-0.2, -0.15) is 0 Å². The highest BCUT2D eigenvalue weighted by atomic mass is 35.5. The molecule has 0 amide bonds. The molecule has 4 heteroatoms. The van der Waals surface area contributed by atoms with E-state index in [1.54, 1.807) is 0 Å². The molecule has 1 aromatic heterocycles. The van der Waals surface area contributed by atoms with E-state index in [1.165, 1.54) is 11.1 Å². The van der Waals surface area contributed by atoms with Crippen LogP contribution in [-0.2, 0) is 11.4 Å². The van der Waals surface area contributed by atoms with Gasteiger partial charge in [-0.3, -0.25) is 0 Å².